The van der Waals surface area contributed by atoms with Crippen LogP contribution >= 0.6 is 0 Å². The van der Waals surface area contributed by atoms with Crippen LogP contribution in [-0.4, -0.2) is 18.6 Å². The van der Waals surface area contributed by atoms with Crippen molar-refractivity contribution in [1.29, 1.82) is 0 Å². The highest BCUT2D eigenvalue weighted by molar-refractivity contribution is 6.05. The van der Waals surface area contributed by atoms with Gasteiger partial charge in [-0.2, -0.15) is 0 Å². The summed E-state index contributed by atoms with van der Waals surface area (Å²) in [7, 11) is 0. The molecule has 24 heavy (non-hydrogen) atoms. The Bertz CT molecular complexity index is 702. The molecule has 0 aliphatic carbocycles. The molecule has 2 amide bonds. The fourth-order valence-corrected chi connectivity index (χ4v) is 1.97. The number of rotatable bonds is 6. The van der Waals surface area contributed by atoms with E-state index in [9.17, 15) is 14.0 Å². The molecule has 5 nitrogen and oxygen atoms in total. The van der Waals surface area contributed by atoms with Gasteiger partial charge in [-0.3, -0.25) is 0 Å². The molecule has 0 aromatic heterocycles. The third kappa shape index (κ3) is 5.08. The summed E-state index contributed by atoms with van der Waals surface area (Å²) < 4.78 is 18.0. The Morgan fingerprint density at radius 2 is 1.75 bits per heavy atom. The molecule has 0 unspecified atom stereocenters. The second-order valence-electron chi connectivity index (χ2n) is 5.12. The van der Waals surface area contributed by atoms with Crippen LogP contribution in [0.5, 0.6) is 0 Å². The third-order valence-electron chi connectivity index (χ3n) is 3.23. The molecule has 2 rings (SSSR count). The van der Waals surface area contributed by atoms with Crippen LogP contribution in [0.15, 0.2) is 48.5 Å². The molecule has 0 aliphatic rings. The van der Waals surface area contributed by atoms with E-state index in [-0.39, 0.29) is 11.4 Å². The minimum Gasteiger partial charge on any atom is -0.462 e. The van der Waals surface area contributed by atoms with Gasteiger partial charge in [-0.05, 0) is 42.8 Å². The van der Waals surface area contributed by atoms with Crippen LogP contribution in [0.3, 0.4) is 0 Å². The van der Waals surface area contributed by atoms with E-state index in [0.29, 0.717) is 18.0 Å². The fourth-order valence-electron chi connectivity index (χ4n) is 1.97. The van der Waals surface area contributed by atoms with Crippen molar-refractivity contribution in [2.75, 3.05) is 17.2 Å². The first kappa shape index (κ1) is 17.5. The average molecular weight is 330 g/mol. The molecule has 0 bridgehead atoms. The second kappa shape index (κ2) is 8.67. The standard InChI is InChI=1S/C18H19FN2O3/c1-2-3-12-24-17(22)15-6-4-5-7-16(15)21-18(23)20-14-10-8-13(19)9-11-14/h4-11H,2-3,12H2,1H3,(H2,20,21,23). The SMILES string of the molecule is CCCCOC(=O)c1ccccc1NC(=O)Nc1ccc(F)cc1. The van der Waals surface area contributed by atoms with Crippen LogP contribution in [0, 0.1) is 5.82 Å². The summed E-state index contributed by atoms with van der Waals surface area (Å²) in [5, 5.41) is 5.17. The van der Waals surface area contributed by atoms with E-state index in [1.165, 1.54) is 24.3 Å². The molecular weight excluding hydrogens is 311 g/mol. The summed E-state index contributed by atoms with van der Waals surface area (Å²) in [6.45, 7) is 2.34. The van der Waals surface area contributed by atoms with E-state index in [2.05, 4.69) is 10.6 Å². The van der Waals surface area contributed by atoms with Crippen LogP contribution in [0.1, 0.15) is 30.1 Å². The lowest BCUT2D eigenvalue weighted by Crippen LogP contribution is -2.21. The number of esters is 1. The van der Waals surface area contributed by atoms with Gasteiger partial charge in [0.05, 0.1) is 17.9 Å². The van der Waals surface area contributed by atoms with Crippen molar-refractivity contribution in [3.8, 4) is 0 Å². The Hall–Kier alpha value is -2.89. The maximum absolute atomic E-state index is 12.9. The fraction of sp³-hybridized carbons (Fsp3) is 0.222. The lowest BCUT2D eigenvalue weighted by Gasteiger charge is -2.11. The Labute approximate surface area is 139 Å². The van der Waals surface area contributed by atoms with E-state index in [1.54, 1.807) is 24.3 Å². The van der Waals surface area contributed by atoms with E-state index < -0.39 is 12.0 Å². The average Bonchev–Trinajstić information content (AvgIpc) is 2.57. The van der Waals surface area contributed by atoms with Crippen molar-refractivity contribution < 1.29 is 18.7 Å². The minimum atomic E-state index is -0.532. The second-order valence-corrected chi connectivity index (χ2v) is 5.12. The third-order valence-corrected chi connectivity index (χ3v) is 3.23. The van der Waals surface area contributed by atoms with Gasteiger partial charge in [0.2, 0.25) is 0 Å². The predicted molar refractivity (Wildman–Crippen MR) is 90.7 cm³/mol. The van der Waals surface area contributed by atoms with Gasteiger partial charge in [0.1, 0.15) is 5.82 Å². The highest BCUT2D eigenvalue weighted by atomic mass is 19.1. The monoisotopic (exact) mass is 330 g/mol. The van der Waals surface area contributed by atoms with E-state index in [1.807, 2.05) is 6.92 Å². The summed E-state index contributed by atoms with van der Waals surface area (Å²) in [6.07, 6.45) is 1.71. The molecule has 0 spiro atoms. The highest BCUT2D eigenvalue weighted by Crippen LogP contribution is 2.17. The minimum absolute atomic E-state index is 0.280. The first-order valence-electron chi connectivity index (χ1n) is 7.70. The normalized spacial score (nSPS) is 10.1. The maximum atomic E-state index is 12.9. The lowest BCUT2D eigenvalue weighted by molar-refractivity contribution is 0.0501. The number of carbonyl (C=O) groups is 2. The molecule has 2 N–H and O–H groups in total. The largest absolute Gasteiger partial charge is 0.462 e. The van der Waals surface area contributed by atoms with Gasteiger partial charge in [-0.15, -0.1) is 0 Å². The van der Waals surface area contributed by atoms with E-state index >= 15 is 0 Å². The van der Waals surface area contributed by atoms with Gasteiger partial charge in [0.25, 0.3) is 0 Å². The van der Waals surface area contributed by atoms with Crippen molar-refractivity contribution in [1.82, 2.24) is 0 Å². The van der Waals surface area contributed by atoms with Crippen LogP contribution < -0.4 is 10.6 Å². The number of benzene rings is 2. The first-order chi connectivity index (χ1) is 11.6. The number of para-hydroxylation sites is 1. The number of hydrogen-bond acceptors (Lipinski definition) is 3. The maximum Gasteiger partial charge on any atom is 0.340 e. The summed E-state index contributed by atoms with van der Waals surface area (Å²) in [5.41, 5.74) is 1.07. The van der Waals surface area contributed by atoms with Crippen molar-refractivity contribution in [3.63, 3.8) is 0 Å². The summed E-state index contributed by atoms with van der Waals surface area (Å²) in [4.78, 5) is 24.1. The van der Waals surface area contributed by atoms with Crippen molar-refractivity contribution in [3.05, 3.63) is 59.9 Å². The molecule has 2 aromatic rings. The molecule has 0 saturated carbocycles. The van der Waals surface area contributed by atoms with E-state index in [4.69, 9.17) is 4.74 Å². The van der Waals surface area contributed by atoms with Crippen molar-refractivity contribution in [2.24, 2.45) is 0 Å². The number of urea groups is 1. The number of ether oxygens (including phenoxy) is 1. The number of amides is 2. The van der Waals surface area contributed by atoms with Crippen molar-refractivity contribution >= 4 is 23.4 Å². The Balaban J connectivity index is 2.02. The zero-order chi connectivity index (χ0) is 17.4. The first-order valence-corrected chi connectivity index (χ1v) is 7.70. The summed E-state index contributed by atoms with van der Waals surface area (Å²) in [6, 6.07) is 11.4. The Morgan fingerprint density at radius 3 is 2.46 bits per heavy atom. The molecule has 0 atom stereocenters. The van der Waals surface area contributed by atoms with Gasteiger partial charge < -0.3 is 15.4 Å². The topological polar surface area (TPSA) is 67.4 Å². The van der Waals surface area contributed by atoms with Crippen molar-refractivity contribution in [2.45, 2.75) is 19.8 Å². The number of unbranched alkanes of at least 4 members (excludes halogenated alkanes) is 1. The van der Waals surface area contributed by atoms with Gasteiger partial charge in [-0.25, -0.2) is 14.0 Å². The summed E-state index contributed by atoms with van der Waals surface area (Å²) in [5.74, 6) is -0.873. The van der Waals surface area contributed by atoms with Crippen LogP contribution in [0.25, 0.3) is 0 Å². The van der Waals surface area contributed by atoms with E-state index in [0.717, 1.165) is 12.8 Å². The van der Waals surface area contributed by atoms with Gasteiger partial charge >= 0.3 is 12.0 Å². The molecule has 0 aliphatic heterocycles. The van der Waals surface area contributed by atoms with Crippen LogP contribution in [-0.2, 0) is 4.74 Å². The quantitative estimate of drug-likeness (QED) is 0.608. The molecule has 0 heterocycles. The smallest absolute Gasteiger partial charge is 0.340 e. The Morgan fingerprint density at radius 1 is 1.04 bits per heavy atom. The molecule has 2 aromatic carbocycles. The van der Waals surface area contributed by atoms with Crippen LogP contribution in [0.2, 0.25) is 0 Å². The lowest BCUT2D eigenvalue weighted by atomic mass is 10.2. The molecule has 0 saturated heterocycles. The summed E-state index contributed by atoms with van der Waals surface area (Å²) >= 11 is 0. The Kier molecular flexibility index (Phi) is 6.31. The number of carbonyl (C=O) groups excluding carboxylic acids is 2. The van der Waals surface area contributed by atoms with Crippen LogP contribution in [0.4, 0.5) is 20.6 Å². The number of hydrogen-bond donors (Lipinski definition) is 2. The van der Waals surface area contributed by atoms with Gasteiger partial charge in [-0.1, -0.05) is 25.5 Å². The molecule has 126 valence electrons. The number of anilines is 2. The number of nitrogens with one attached hydrogen (secondary N) is 2. The van der Waals surface area contributed by atoms with Gasteiger partial charge in [0, 0.05) is 5.69 Å². The molecule has 0 radical (unpaired) electrons. The number of halogens is 1. The highest BCUT2D eigenvalue weighted by Gasteiger charge is 2.14. The predicted octanol–water partition coefficient (Wildman–Crippen LogP) is 4.43. The molecular formula is C18H19FN2O3. The molecule has 6 heteroatoms. The zero-order valence-electron chi connectivity index (χ0n) is 13.3. The van der Waals surface area contributed by atoms with Gasteiger partial charge in [0.15, 0.2) is 0 Å². The zero-order valence-corrected chi connectivity index (χ0v) is 13.3. The molecule has 0 fully saturated rings.